The van der Waals surface area contributed by atoms with Gasteiger partial charge in [-0.15, -0.1) is 11.3 Å². The van der Waals surface area contributed by atoms with Crippen LogP contribution in [-0.2, 0) is 6.54 Å². The number of carbonyl (C=O) groups excluding carboxylic acids is 1. The van der Waals surface area contributed by atoms with Crippen LogP contribution < -0.4 is 10.1 Å². The van der Waals surface area contributed by atoms with Crippen molar-refractivity contribution in [1.29, 1.82) is 0 Å². The summed E-state index contributed by atoms with van der Waals surface area (Å²) in [6.45, 7) is 0.704. The van der Waals surface area contributed by atoms with Gasteiger partial charge in [-0.1, -0.05) is 6.07 Å². The fraction of sp³-hybridized carbons (Fsp3) is 0.222. The van der Waals surface area contributed by atoms with Crippen molar-refractivity contribution in [2.24, 2.45) is 0 Å². The van der Waals surface area contributed by atoms with Gasteiger partial charge >= 0.3 is 12.4 Å². The Kier molecular flexibility index (Phi) is 5.87. The van der Waals surface area contributed by atoms with Crippen molar-refractivity contribution in [3.63, 3.8) is 0 Å². The predicted octanol–water partition coefficient (Wildman–Crippen LogP) is 4.37. The number of thiophene rings is 1. The monoisotopic (exact) mass is 422 g/mol. The highest BCUT2D eigenvalue weighted by Crippen LogP contribution is 2.28. The number of rotatable bonds is 7. The standard InChI is InChI=1S/C18H16F2N4O4S/c1-10-3-4-14(28-18(19)20)13(5-10)21-17(25)15-7-12(9-29-15)8-23-11(2)6-16(22-23)24(26)27/h3-7,9,18H,8H2,1-2H3,(H,21,25). The topological polar surface area (TPSA) is 99.3 Å². The first-order valence-corrected chi connectivity index (χ1v) is 9.24. The molecule has 8 nitrogen and oxygen atoms in total. The summed E-state index contributed by atoms with van der Waals surface area (Å²) >= 11 is 1.16. The Morgan fingerprint density at radius 1 is 1.34 bits per heavy atom. The number of hydrogen-bond donors (Lipinski definition) is 1. The molecule has 0 aliphatic carbocycles. The molecule has 3 rings (SSSR count). The van der Waals surface area contributed by atoms with Gasteiger partial charge in [-0.05, 0) is 53.5 Å². The van der Waals surface area contributed by atoms with Gasteiger partial charge in [0.15, 0.2) is 0 Å². The second-order valence-electron chi connectivity index (χ2n) is 6.21. The Hall–Kier alpha value is -3.34. The number of aryl methyl sites for hydroxylation is 2. The van der Waals surface area contributed by atoms with E-state index >= 15 is 0 Å². The number of nitrogens with zero attached hydrogens (tertiary/aromatic N) is 3. The SMILES string of the molecule is Cc1ccc(OC(F)F)c(NC(=O)c2cc(Cn3nc([N+](=O)[O-])cc3C)cs2)c1. The van der Waals surface area contributed by atoms with Crippen molar-refractivity contribution in [3.8, 4) is 5.75 Å². The summed E-state index contributed by atoms with van der Waals surface area (Å²) in [6, 6.07) is 7.49. The van der Waals surface area contributed by atoms with Crippen LogP contribution >= 0.6 is 11.3 Å². The molecule has 0 saturated heterocycles. The van der Waals surface area contributed by atoms with E-state index in [9.17, 15) is 23.7 Å². The zero-order valence-electron chi connectivity index (χ0n) is 15.4. The first-order valence-electron chi connectivity index (χ1n) is 8.36. The van der Waals surface area contributed by atoms with Crippen LogP contribution in [0.25, 0.3) is 0 Å². The third kappa shape index (κ3) is 4.93. The third-order valence-corrected chi connectivity index (χ3v) is 4.94. The third-order valence-electron chi connectivity index (χ3n) is 3.96. The fourth-order valence-electron chi connectivity index (χ4n) is 2.62. The molecule has 0 atom stereocenters. The number of halogens is 2. The van der Waals surface area contributed by atoms with Crippen molar-refractivity contribution in [2.75, 3.05) is 5.32 Å². The summed E-state index contributed by atoms with van der Waals surface area (Å²) in [6.07, 6.45) is 0. The van der Waals surface area contributed by atoms with E-state index in [4.69, 9.17) is 0 Å². The average Bonchev–Trinajstić information content (AvgIpc) is 3.25. The minimum Gasteiger partial charge on any atom is -0.433 e. The zero-order chi connectivity index (χ0) is 21.1. The van der Waals surface area contributed by atoms with Gasteiger partial charge in [0.25, 0.3) is 5.91 Å². The minimum absolute atomic E-state index is 0.129. The molecule has 29 heavy (non-hydrogen) atoms. The smallest absolute Gasteiger partial charge is 0.390 e. The molecule has 1 N–H and O–H groups in total. The maximum atomic E-state index is 12.6. The summed E-state index contributed by atoms with van der Waals surface area (Å²) < 4.78 is 31.1. The highest BCUT2D eigenvalue weighted by molar-refractivity contribution is 7.12. The summed E-state index contributed by atoms with van der Waals surface area (Å²) in [4.78, 5) is 23.1. The van der Waals surface area contributed by atoms with Crippen LogP contribution in [0.4, 0.5) is 20.3 Å². The molecule has 0 aliphatic heterocycles. The Morgan fingerprint density at radius 2 is 2.10 bits per heavy atom. The van der Waals surface area contributed by atoms with Crippen LogP contribution in [0.1, 0.15) is 26.5 Å². The molecule has 11 heteroatoms. The Balaban J connectivity index is 1.75. The second kappa shape index (κ2) is 8.35. The lowest BCUT2D eigenvalue weighted by Gasteiger charge is -2.12. The van der Waals surface area contributed by atoms with Gasteiger partial charge < -0.3 is 20.2 Å². The lowest BCUT2D eigenvalue weighted by atomic mass is 10.2. The average molecular weight is 422 g/mol. The minimum atomic E-state index is -3.01. The van der Waals surface area contributed by atoms with Crippen molar-refractivity contribution < 1.29 is 23.2 Å². The van der Waals surface area contributed by atoms with Gasteiger partial charge in [0.05, 0.1) is 34.0 Å². The Morgan fingerprint density at radius 3 is 2.76 bits per heavy atom. The molecule has 0 fully saturated rings. The Bertz CT molecular complexity index is 1060. The van der Waals surface area contributed by atoms with Crippen molar-refractivity contribution >= 4 is 28.7 Å². The summed E-state index contributed by atoms with van der Waals surface area (Å²) in [5, 5.41) is 19.0. The molecule has 0 bridgehead atoms. The first kappa shape index (κ1) is 20.4. The highest BCUT2D eigenvalue weighted by Gasteiger charge is 2.18. The van der Waals surface area contributed by atoms with E-state index in [1.165, 1.54) is 22.9 Å². The number of anilines is 1. The number of benzene rings is 1. The number of hydrogen-bond acceptors (Lipinski definition) is 6. The molecule has 2 aromatic heterocycles. The van der Waals surface area contributed by atoms with E-state index < -0.39 is 17.4 Å². The number of nitro groups is 1. The van der Waals surface area contributed by atoms with Gasteiger partial charge in [0, 0.05) is 0 Å². The quantitative estimate of drug-likeness (QED) is 0.450. The number of nitrogens with one attached hydrogen (secondary N) is 1. The predicted molar refractivity (Wildman–Crippen MR) is 103 cm³/mol. The fourth-order valence-corrected chi connectivity index (χ4v) is 3.42. The van der Waals surface area contributed by atoms with Gasteiger partial charge in [-0.25, -0.2) is 0 Å². The normalized spacial score (nSPS) is 10.9. The molecular formula is C18H16F2N4O4S. The largest absolute Gasteiger partial charge is 0.433 e. The summed E-state index contributed by atoms with van der Waals surface area (Å²) in [5.74, 6) is -0.856. The highest BCUT2D eigenvalue weighted by atomic mass is 32.1. The lowest BCUT2D eigenvalue weighted by Crippen LogP contribution is -2.13. The molecule has 1 amide bonds. The molecule has 0 radical (unpaired) electrons. The van der Waals surface area contributed by atoms with E-state index in [0.717, 1.165) is 22.5 Å². The number of amides is 1. The van der Waals surface area contributed by atoms with Gasteiger partial charge in [0.1, 0.15) is 5.75 Å². The number of ether oxygens (including phenoxy) is 1. The van der Waals surface area contributed by atoms with Crippen molar-refractivity contribution in [3.05, 3.63) is 67.5 Å². The second-order valence-corrected chi connectivity index (χ2v) is 7.12. The Labute approximate surface area is 167 Å². The summed E-state index contributed by atoms with van der Waals surface area (Å²) in [7, 11) is 0. The number of carbonyl (C=O) groups is 1. The van der Waals surface area contributed by atoms with Crippen molar-refractivity contribution in [1.82, 2.24) is 9.78 Å². The van der Waals surface area contributed by atoms with Crippen LogP contribution in [-0.4, -0.2) is 27.2 Å². The van der Waals surface area contributed by atoms with E-state index in [1.54, 1.807) is 31.4 Å². The van der Waals surface area contributed by atoms with Crippen LogP contribution in [0.2, 0.25) is 0 Å². The van der Waals surface area contributed by atoms with Crippen LogP contribution in [0, 0.1) is 24.0 Å². The van der Waals surface area contributed by atoms with E-state index in [1.807, 2.05) is 0 Å². The molecule has 152 valence electrons. The molecular weight excluding hydrogens is 406 g/mol. The number of aromatic nitrogens is 2. The van der Waals surface area contributed by atoms with Gasteiger partial charge in [-0.2, -0.15) is 13.5 Å². The molecule has 0 saturated carbocycles. The maximum absolute atomic E-state index is 12.6. The zero-order valence-corrected chi connectivity index (χ0v) is 16.2. The van der Waals surface area contributed by atoms with Gasteiger partial charge in [0.2, 0.25) is 0 Å². The number of alkyl halides is 2. The molecule has 0 aliphatic rings. The van der Waals surface area contributed by atoms with Crippen LogP contribution in [0.3, 0.4) is 0 Å². The lowest BCUT2D eigenvalue weighted by molar-refractivity contribution is -0.389. The van der Waals surface area contributed by atoms with Crippen LogP contribution in [0.5, 0.6) is 5.75 Å². The van der Waals surface area contributed by atoms with E-state index in [-0.39, 0.29) is 23.8 Å². The molecule has 3 aromatic rings. The van der Waals surface area contributed by atoms with Crippen molar-refractivity contribution in [2.45, 2.75) is 27.0 Å². The van der Waals surface area contributed by atoms with Gasteiger partial charge in [-0.3, -0.25) is 4.79 Å². The van der Waals surface area contributed by atoms with E-state index in [0.29, 0.717) is 10.6 Å². The summed E-state index contributed by atoms with van der Waals surface area (Å²) in [5.41, 5.74) is 2.25. The maximum Gasteiger partial charge on any atom is 0.390 e. The van der Waals surface area contributed by atoms with E-state index in [2.05, 4.69) is 15.2 Å². The molecule has 0 spiro atoms. The van der Waals surface area contributed by atoms with Crippen LogP contribution in [0.15, 0.2) is 35.7 Å². The molecule has 1 aromatic carbocycles. The first-order chi connectivity index (χ1) is 13.7. The molecule has 0 unspecified atom stereocenters. The molecule has 2 heterocycles.